The van der Waals surface area contributed by atoms with Gasteiger partial charge in [0, 0.05) is 38.9 Å². The zero-order valence-electron chi connectivity index (χ0n) is 14.1. The Kier molecular flexibility index (Phi) is 6.67. The first-order chi connectivity index (χ1) is 11.2. The first kappa shape index (κ1) is 17.6. The lowest BCUT2D eigenvalue weighted by molar-refractivity contribution is 0.0890. The van der Waals surface area contributed by atoms with Crippen LogP contribution in [0.3, 0.4) is 0 Å². The van der Waals surface area contributed by atoms with Crippen molar-refractivity contribution in [3.05, 3.63) is 23.8 Å². The first-order valence-corrected chi connectivity index (χ1v) is 7.92. The molecule has 1 aromatic carbocycles. The largest absolute Gasteiger partial charge is 0.497 e. The van der Waals surface area contributed by atoms with Gasteiger partial charge in [-0.2, -0.15) is 0 Å². The number of rotatable bonds is 7. The van der Waals surface area contributed by atoms with Crippen molar-refractivity contribution in [1.82, 2.24) is 10.2 Å². The normalized spacial score (nSPS) is 16.1. The van der Waals surface area contributed by atoms with E-state index in [-0.39, 0.29) is 11.9 Å². The summed E-state index contributed by atoms with van der Waals surface area (Å²) >= 11 is 0. The maximum atomic E-state index is 12.5. The van der Waals surface area contributed by atoms with E-state index in [0.29, 0.717) is 17.1 Å². The molecule has 0 spiro atoms. The summed E-state index contributed by atoms with van der Waals surface area (Å²) in [6, 6.07) is 5.43. The molecule has 1 saturated heterocycles. The molecule has 1 amide bonds. The molecule has 1 N–H and O–H groups in total. The van der Waals surface area contributed by atoms with Crippen LogP contribution in [0.5, 0.6) is 11.5 Å². The van der Waals surface area contributed by atoms with E-state index < -0.39 is 0 Å². The Labute approximate surface area is 137 Å². The molecule has 6 nitrogen and oxygen atoms in total. The summed E-state index contributed by atoms with van der Waals surface area (Å²) in [5.74, 6) is 1.10. The molecule has 0 aliphatic carbocycles. The third-order valence-corrected chi connectivity index (χ3v) is 4.19. The lowest BCUT2D eigenvalue weighted by atomic mass is 10.0. The molecule has 1 heterocycles. The number of carbonyl (C=O) groups excluding carboxylic acids is 1. The quantitative estimate of drug-likeness (QED) is 0.825. The maximum absolute atomic E-state index is 12.5. The van der Waals surface area contributed by atoms with E-state index in [1.54, 1.807) is 39.5 Å². The summed E-state index contributed by atoms with van der Waals surface area (Å²) in [5.41, 5.74) is 0.537. The van der Waals surface area contributed by atoms with E-state index in [1.165, 1.54) is 0 Å². The van der Waals surface area contributed by atoms with E-state index in [0.717, 1.165) is 39.1 Å². The number of hydrogen-bond acceptors (Lipinski definition) is 5. The van der Waals surface area contributed by atoms with E-state index >= 15 is 0 Å². The second-order valence-electron chi connectivity index (χ2n) is 5.65. The molecular weight excluding hydrogens is 296 g/mol. The minimum Gasteiger partial charge on any atom is -0.497 e. The fourth-order valence-corrected chi connectivity index (χ4v) is 2.77. The molecule has 1 aliphatic rings. The number of benzene rings is 1. The maximum Gasteiger partial charge on any atom is 0.255 e. The Morgan fingerprint density at radius 2 is 1.96 bits per heavy atom. The van der Waals surface area contributed by atoms with Crippen molar-refractivity contribution in [1.29, 1.82) is 0 Å². The number of carbonyl (C=O) groups is 1. The Morgan fingerprint density at radius 3 is 2.57 bits per heavy atom. The SMILES string of the molecule is COCCN1CCC(NC(=O)c2ccc(OC)cc2OC)CC1. The topological polar surface area (TPSA) is 60.0 Å². The van der Waals surface area contributed by atoms with Gasteiger partial charge in [0.05, 0.1) is 26.4 Å². The molecule has 0 saturated carbocycles. The summed E-state index contributed by atoms with van der Waals surface area (Å²) in [6.07, 6.45) is 1.90. The molecule has 1 aromatic rings. The standard InChI is InChI=1S/C17H26N2O4/c1-21-11-10-19-8-6-13(7-9-19)18-17(20)15-5-4-14(22-2)12-16(15)23-3/h4-5,12-13H,6-11H2,1-3H3,(H,18,20). The van der Waals surface area contributed by atoms with Crippen LogP contribution in [0.15, 0.2) is 18.2 Å². The van der Waals surface area contributed by atoms with Crippen LogP contribution in [0.1, 0.15) is 23.2 Å². The van der Waals surface area contributed by atoms with Crippen molar-refractivity contribution >= 4 is 5.91 Å². The molecular formula is C17H26N2O4. The second-order valence-corrected chi connectivity index (χ2v) is 5.65. The summed E-state index contributed by atoms with van der Waals surface area (Å²) in [7, 11) is 4.86. The van der Waals surface area contributed by atoms with Gasteiger partial charge in [-0.05, 0) is 25.0 Å². The van der Waals surface area contributed by atoms with Gasteiger partial charge < -0.3 is 24.4 Å². The van der Waals surface area contributed by atoms with Gasteiger partial charge in [-0.3, -0.25) is 4.79 Å². The van der Waals surface area contributed by atoms with Crippen LogP contribution < -0.4 is 14.8 Å². The van der Waals surface area contributed by atoms with Crippen molar-refractivity contribution < 1.29 is 19.0 Å². The lowest BCUT2D eigenvalue weighted by Crippen LogP contribution is -2.45. The van der Waals surface area contributed by atoms with Crippen LogP contribution in [-0.4, -0.2) is 64.4 Å². The van der Waals surface area contributed by atoms with Crippen molar-refractivity contribution in [3.63, 3.8) is 0 Å². The molecule has 1 fully saturated rings. The van der Waals surface area contributed by atoms with Gasteiger partial charge in [0.15, 0.2) is 0 Å². The number of nitrogens with one attached hydrogen (secondary N) is 1. The number of ether oxygens (including phenoxy) is 3. The fourth-order valence-electron chi connectivity index (χ4n) is 2.77. The molecule has 0 unspecified atom stereocenters. The predicted octanol–water partition coefficient (Wildman–Crippen LogP) is 1.54. The van der Waals surface area contributed by atoms with Crippen LogP contribution in [0.2, 0.25) is 0 Å². The molecule has 128 valence electrons. The summed E-state index contributed by atoms with van der Waals surface area (Å²) in [6.45, 7) is 3.66. The minimum absolute atomic E-state index is 0.0974. The molecule has 0 atom stereocenters. The predicted molar refractivity (Wildman–Crippen MR) is 88.4 cm³/mol. The van der Waals surface area contributed by atoms with Crippen LogP contribution in [0.25, 0.3) is 0 Å². The van der Waals surface area contributed by atoms with E-state index in [1.807, 2.05) is 0 Å². The van der Waals surface area contributed by atoms with E-state index in [9.17, 15) is 4.79 Å². The highest BCUT2D eigenvalue weighted by molar-refractivity contribution is 5.97. The molecule has 23 heavy (non-hydrogen) atoms. The van der Waals surface area contributed by atoms with Crippen molar-refractivity contribution in [2.24, 2.45) is 0 Å². The number of likely N-dealkylation sites (tertiary alicyclic amines) is 1. The molecule has 1 aliphatic heterocycles. The molecule has 0 aromatic heterocycles. The van der Waals surface area contributed by atoms with Crippen molar-refractivity contribution in [3.8, 4) is 11.5 Å². The zero-order chi connectivity index (χ0) is 16.7. The zero-order valence-corrected chi connectivity index (χ0v) is 14.1. The molecule has 0 bridgehead atoms. The lowest BCUT2D eigenvalue weighted by Gasteiger charge is -2.32. The first-order valence-electron chi connectivity index (χ1n) is 7.92. The molecule has 2 rings (SSSR count). The number of methoxy groups -OCH3 is 3. The summed E-state index contributed by atoms with van der Waals surface area (Å²) in [4.78, 5) is 14.8. The monoisotopic (exact) mass is 322 g/mol. The minimum atomic E-state index is -0.0974. The average molecular weight is 322 g/mol. The number of nitrogens with zero attached hydrogens (tertiary/aromatic N) is 1. The van der Waals surface area contributed by atoms with Gasteiger partial charge in [-0.1, -0.05) is 0 Å². The van der Waals surface area contributed by atoms with Crippen LogP contribution in [0.4, 0.5) is 0 Å². The van der Waals surface area contributed by atoms with Gasteiger partial charge in [-0.25, -0.2) is 0 Å². The Bertz CT molecular complexity index is 513. The Hall–Kier alpha value is -1.79. The van der Waals surface area contributed by atoms with Gasteiger partial charge in [0.1, 0.15) is 11.5 Å². The van der Waals surface area contributed by atoms with Gasteiger partial charge in [-0.15, -0.1) is 0 Å². The molecule has 0 radical (unpaired) electrons. The van der Waals surface area contributed by atoms with Crippen molar-refractivity contribution in [2.45, 2.75) is 18.9 Å². The highest BCUT2D eigenvalue weighted by Crippen LogP contribution is 2.24. The van der Waals surface area contributed by atoms with Gasteiger partial charge in [0.2, 0.25) is 0 Å². The van der Waals surface area contributed by atoms with Gasteiger partial charge >= 0.3 is 0 Å². The highest BCUT2D eigenvalue weighted by Gasteiger charge is 2.22. The fraction of sp³-hybridized carbons (Fsp3) is 0.588. The Balaban J connectivity index is 1.90. The average Bonchev–Trinajstić information content (AvgIpc) is 2.60. The van der Waals surface area contributed by atoms with Crippen molar-refractivity contribution in [2.75, 3.05) is 47.6 Å². The summed E-state index contributed by atoms with van der Waals surface area (Å²) in [5, 5.41) is 3.11. The van der Waals surface area contributed by atoms with Crippen LogP contribution in [-0.2, 0) is 4.74 Å². The van der Waals surface area contributed by atoms with Gasteiger partial charge in [0.25, 0.3) is 5.91 Å². The van der Waals surface area contributed by atoms with E-state index in [4.69, 9.17) is 14.2 Å². The number of piperidine rings is 1. The van der Waals surface area contributed by atoms with Crippen LogP contribution >= 0.6 is 0 Å². The molecule has 6 heteroatoms. The smallest absolute Gasteiger partial charge is 0.255 e. The second kappa shape index (κ2) is 8.74. The number of amides is 1. The highest BCUT2D eigenvalue weighted by atomic mass is 16.5. The number of hydrogen-bond donors (Lipinski definition) is 1. The Morgan fingerprint density at radius 1 is 1.22 bits per heavy atom. The van der Waals surface area contributed by atoms with E-state index in [2.05, 4.69) is 10.2 Å². The summed E-state index contributed by atoms with van der Waals surface area (Å²) < 4.78 is 15.6. The third-order valence-electron chi connectivity index (χ3n) is 4.19. The third kappa shape index (κ3) is 4.84. The van der Waals surface area contributed by atoms with Crippen LogP contribution in [0, 0.1) is 0 Å².